The van der Waals surface area contributed by atoms with E-state index in [2.05, 4.69) is 15.2 Å². The molecule has 3 rings (SSSR count). The lowest BCUT2D eigenvalue weighted by molar-refractivity contribution is 0.0701. The molecule has 0 radical (unpaired) electrons. The van der Waals surface area contributed by atoms with Crippen LogP contribution in [-0.4, -0.2) is 31.1 Å². The number of aromatic carboxylic acids is 1. The molecule has 0 unspecified atom stereocenters. The molecule has 0 atom stereocenters. The van der Waals surface area contributed by atoms with E-state index >= 15 is 0 Å². The summed E-state index contributed by atoms with van der Waals surface area (Å²) in [4.78, 5) is 17.0. The van der Waals surface area contributed by atoms with Crippen molar-refractivity contribution in [2.75, 3.05) is 0 Å². The van der Waals surface area contributed by atoms with Crippen LogP contribution in [0.5, 0.6) is 0 Å². The van der Waals surface area contributed by atoms with Crippen LogP contribution in [0.3, 0.4) is 0 Å². The molecule has 0 spiro atoms. The number of nitrogens with zero attached hydrogens (tertiary/aromatic N) is 4. The Morgan fingerprint density at radius 1 is 1.32 bits per heavy atom. The molecule has 0 fully saturated rings. The Morgan fingerprint density at radius 3 is 2.47 bits per heavy atom. The number of fused-ring (bicyclic) bond motifs is 1. The van der Waals surface area contributed by atoms with Gasteiger partial charge in [0.2, 0.25) is 0 Å². The summed E-state index contributed by atoms with van der Waals surface area (Å²) >= 11 is 1.16. The second-order valence-corrected chi connectivity index (χ2v) is 5.13. The van der Waals surface area contributed by atoms with Crippen molar-refractivity contribution in [2.45, 2.75) is 13.5 Å². The predicted octanol–water partition coefficient (Wildman–Crippen LogP) is 1.94. The highest BCUT2D eigenvalue weighted by atomic mass is 32.1. The van der Waals surface area contributed by atoms with Gasteiger partial charge in [-0.25, -0.2) is 9.78 Å². The number of rotatable bonds is 3. The Balaban J connectivity index is 1.92. The van der Waals surface area contributed by atoms with E-state index < -0.39 is 5.97 Å². The summed E-state index contributed by atoms with van der Waals surface area (Å²) < 4.78 is 0. The fourth-order valence-electron chi connectivity index (χ4n) is 1.81. The van der Waals surface area contributed by atoms with Crippen molar-refractivity contribution in [1.29, 1.82) is 0 Å². The molecule has 7 heteroatoms. The number of carboxylic acids is 1. The van der Waals surface area contributed by atoms with Gasteiger partial charge in [0.05, 0.1) is 5.69 Å². The third-order valence-corrected chi connectivity index (χ3v) is 3.77. The zero-order valence-corrected chi connectivity index (χ0v) is 10.9. The van der Waals surface area contributed by atoms with E-state index in [1.54, 1.807) is 6.92 Å². The first-order chi connectivity index (χ1) is 9.13. The highest BCUT2D eigenvalue weighted by molar-refractivity contribution is 7.13. The quantitative estimate of drug-likeness (QED) is 0.789. The second-order valence-electron chi connectivity index (χ2n) is 4.05. The standard InChI is InChI=1S/C12H10N4O2S/c1-7-11(12(17)18)19-10(13-7)6-16-14-8-4-2-3-5-9(8)15-16/h2-5H,6H2,1H3,(H,17,18). The predicted molar refractivity (Wildman–Crippen MR) is 70.4 cm³/mol. The van der Waals surface area contributed by atoms with Gasteiger partial charge < -0.3 is 5.11 Å². The average Bonchev–Trinajstić information content (AvgIpc) is 2.92. The highest BCUT2D eigenvalue weighted by Crippen LogP contribution is 2.19. The normalized spacial score (nSPS) is 11.0. The van der Waals surface area contributed by atoms with Gasteiger partial charge in [-0.1, -0.05) is 12.1 Å². The van der Waals surface area contributed by atoms with Gasteiger partial charge in [0.15, 0.2) is 0 Å². The third-order valence-electron chi connectivity index (χ3n) is 2.64. The molecule has 0 aliphatic carbocycles. The van der Waals surface area contributed by atoms with Crippen molar-refractivity contribution in [3.05, 3.63) is 39.8 Å². The molecular formula is C12H10N4O2S. The van der Waals surface area contributed by atoms with Crippen LogP contribution < -0.4 is 0 Å². The zero-order chi connectivity index (χ0) is 13.4. The Bertz CT molecular complexity index is 729. The van der Waals surface area contributed by atoms with Crippen molar-refractivity contribution in [3.8, 4) is 0 Å². The van der Waals surface area contributed by atoms with E-state index in [4.69, 9.17) is 5.11 Å². The molecule has 96 valence electrons. The van der Waals surface area contributed by atoms with Crippen LogP contribution in [0.1, 0.15) is 20.4 Å². The van der Waals surface area contributed by atoms with E-state index in [0.717, 1.165) is 22.4 Å². The number of carbonyl (C=O) groups is 1. The van der Waals surface area contributed by atoms with Gasteiger partial charge in [-0.3, -0.25) is 0 Å². The lowest BCUT2D eigenvalue weighted by Gasteiger charge is -1.93. The summed E-state index contributed by atoms with van der Waals surface area (Å²) in [6.45, 7) is 2.07. The molecule has 0 saturated heterocycles. The van der Waals surface area contributed by atoms with Gasteiger partial charge in [0.1, 0.15) is 27.5 Å². The van der Waals surface area contributed by atoms with Crippen LogP contribution >= 0.6 is 11.3 Å². The Morgan fingerprint density at radius 2 is 1.95 bits per heavy atom. The monoisotopic (exact) mass is 274 g/mol. The maximum atomic E-state index is 11.0. The molecule has 2 aromatic heterocycles. The van der Waals surface area contributed by atoms with E-state index in [9.17, 15) is 4.79 Å². The average molecular weight is 274 g/mol. The topological polar surface area (TPSA) is 80.9 Å². The second kappa shape index (κ2) is 4.43. The van der Waals surface area contributed by atoms with Crippen LogP contribution in [0.15, 0.2) is 24.3 Å². The number of aromatic nitrogens is 4. The summed E-state index contributed by atoms with van der Waals surface area (Å²) in [6.07, 6.45) is 0. The highest BCUT2D eigenvalue weighted by Gasteiger charge is 2.14. The van der Waals surface area contributed by atoms with Crippen molar-refractivity contribution < 1.29 is 9.90 Å². The number of hydrogen-bond acceptors (Lipinski definition) is 5. The molecule has 0 aliphatic rings. The number of carboxylic acid groups (broad SMARTS) is 1. The number of hydrogen-bond donors (Lipinski definition) is 1. The molecule has 3 aromatic rings. The van der Waals surface area contributed by atoms with Crippen LogP contribution in [0, 0.1) is 6.92 Å². The number of aryl methyl sites for hydroxylation is 1. The van der Waals surface area contributed by atoms with Crippen molar-refractivity contribution in [1.82, 2.24) is 20.0 Å². The largest absolute Gasteiger partial charge is 0.477 e. The molecular weight excluding hydrogens is 264 g/mol. The molecule has 6 nitrogen and oxygen atoms in total. The van der Waals surface area contributed by atoms with E-state index in [0.29, 0.717) is 17.2 Å². The van der Waals surface area contributed by atoms with Crippen LogP contribution in [-0.2, 0) is 6.54 Å². The van der Waals surface area contributed by atoms with Gasteiger partial charge >= 0.3 is 5.97 Å². The van der Waals surface area contributed by atoms with E-state index in [-0.39, 0.29) is 4.88 Å². The van der Waals surface area contributed by atoms with Crippen LogP contribution in [0.2, 0.25) is 0 Å². The lowest BCUT2D eigenvalue weighted by atomic mass is 10.3. The van der Waals surface area contributed by atoms with Crippen molar-refractivity contribution >= 4 is 28.3 Å². The maximum Gasteiger partial charge on any atom is 0.347 e. The van der Waals surface area contributed by atoms with Crippen LogP contribution in [0.4, 0.5) is 0 Å². The van der Waals surface area contributed by atoms with Crippen molar-refractivity contribution in [3.63, 3.8) is 0 Å². The fraction of sp³-hybridized carbons (Fsp3) is 0.167. The first-order valence-corrected chi connectivity index (χ1v) is 6.44. The van der Waals surface area contributed by atoms with Gasteiger partial charge in [-0.2, -0.15) is 15.0 Å². The lowest BCUT2D eigenvalue weighted by Crippen LogP contribution is -2.03. The van der Waals surface area contributed by atoms with E-state index in [1.165, 1.54) is 4.80 Å². The van der Waals surface area contributed by atoms with Crippen molar-refractivity contribution in [2.24, 2.45) is 0 Å². The number of benzene rings is 1. The molecule has 1 N–H and O–H groups in total. The zero-order valence-electron chi connectivity index (χ0n) is 10.1. The summed E-state index contributed by atoms with van der Waals surface area (Å²) in [7, 11) is 0. The Labute approximate surface area is 112 Å². The summed E-state index contributed by atoms with van der Waals surface area (Å²) in [6, 6.07) is 7.57. The fourth-order valence-corrected chi connectivity index (χ4v) is 2.69. The van der Waals surface area contributed by atoms with Gasteiger partial charge in [-0.05, 0) is 19.1 Å². The van der Waals surface area contributed by atoms with Crippen LogP contribution in [0.25, 0.3) is 11.0 Å². The Kier molecular flexibility index (Phi) is 2.75. The SMILES string of the molecule is Cc1nc(Cn2nc3ccccc3n2)sc1C(=O)O. The third kappa shape index (κ3) is 2.19. The van der Waals surface area contributed by atoms with Gasteiger partial charge in [0, 0.05) is 0 Å². The first-order valence-electron chi connectivity index (χ1n) is 5.63. The summed E-state index contributed by atoms with van der Waals surface area (Å²) in [5, 5.41) is 18.3. The van der Waals surface area contributed by atoms with Gasteiger partial charge in [-0.15, -0.1) is 11.3 Å². The molecule has 0 saturated carbocycles. The minimum atomic E-state index is -0.945. The smallest absolute Gasteiger partial charge is 0.347 e. The Hall–Kier alpha value is -2.28. The van der Waals surface area contributed by atoms with Gasteiger partial charge in [0.25, 0.3) is 0 Å². The molecule has 19 heavy (non-hydrogen) atoms. The maximum absolute atomic E-state index is 11.0. The molecule has 2 heterocycles. The molecule has 0 aliphatic heterocycles. The minimum absolute atomic E-state index is 0.270. The summed E-state index contributed by atoms with van der Waals surface area (Å²) in [5.74, 6) is -0.945. The molecule has 1 aromatic carbocycles. The van der Waals surface area contributed by atoms with E-state index in [1.807, 2.05) is 24.3 Å². The molecule has 0 bridgehead atoms. The first kappa shape index (κ1) is 11.8. The minimum Gasteiger partial charge on any atom is -0.477 e. The number of thiazole rings is 1. The summed E-state index contributed by atoms with van der Waals surface area (Å²) in [5.41, 5.74) is 2.16. The molecule has 0 amide bonds.